The molecule has 3 nitrogen and oxygen atoms in total. The van der Waals surface area contributed by atoms with Crippen LogP contribution in [0.4, 0.5) is 0 Å². The highest BCUT2D eigenvalue weighted by Crippen LogP contribution is 2.25. The zero-order valence-electron chi connectivity index (χ0n) is 10.2. The maximum atomic E-state index is 10.1. The van der Waals surface area contributed by atoms with Crippen LogP contribution in [0, 0.1) is 5.92 Å². The Bertz CT molecular complexity index is 308. The molecule has 0 saturated heterocycles. The van der Waals surface area contributed by atoms with E-state index in [1.54, 1.807) is 7.11 Å². The summed E-state index contributed by atoms with van der Waals surface area (Å²) in [6.45, 7) is 4.44. The summed E-state index contributed by atoms with van der Waals surface area (Å²) in [5.41, 5.74) is 6.78. The average molecular weight is 223 g/mol. The molecule has 0 aliphatic carbocycles. The van der Waals surface area contributed by atoms with Gasteiger partial charge in [0.25, 0.3) is 0 Å². The Morgan fingerprint density at radius 3 is 2.19 bits per heavy atom. The van der Waals surface area contributed by atoms with Crippen LogP contribution < -0.4 is 10.5 Å². The molecule has 0 bridgehead atoms. The van der Waals surface area contributed by atoms with E-state index in [0.29, 0.717) is 6.54 Å². The van der Waals surface area contributed by atoms with E-state index in [4.69, 9.17) is 10.5 Å². The van der Waals surface area contributed by atoms with Gasteiger partial charge in [0.2, 0.25) is 0 Å². The van der Waals surface area contributed by atoms with Gasteiger partial charge in [-0.15, -0.1) is 0 Å². The lowest BCUT2D eigenvalue weighted by Crippen LogP contribution is -2.29. The third kappa shape index (κ3) is 2.97. The van der Waals surface area contributed by atoms with Gasteiger partial charge in [-0.3, -0.25) is 0 Å². The third-order valence-electron chi connectivity index (χ3n) is 2.89. The predicted molar refractivity (Wildman–Crippen MR) is 65.6 cm³/mol. The molecular weight excluding hydrogens is 202 g/mol. The molecule has 1 rings (SSSR count). The van der Waals surface area contributed by atoms with E-state index in [2.05, 4.69) is 0 Å². The fourth-order valence-electron chi connectivity index (χ4n) is 1.79. The Morgan fingerprint density at radius 1 is 1.25 bits per heavy atom. The van der Waals surface area contributed by atoms with Crippen molar-refractivity contribution in [2.24, 2.45) is 11.7 Å². The van der Waals surface area contributed by atoms with Gasteiger partial charge in [0.05, 0.1) is 13.2 Å². The second-order valence-corrected chi connectivity index (χ2v) is 4.35. The van der Waals surface area contributed by atoms with Crippen LogP contribution in [0.1, 0.15) is 25.3 Å². The molecule has 3 N–H and O–H groups in total. The van der Waals surface area contributed by atoms with Crippen molar-refractivity contribution in [3.8, 4) is 5.75 Å². The largest absolute Gasteiger partial charge is 0.497 e. The van der Waals surface area contributed by atoms with Gasteiger partial charge < -0.3 is 15.6 Å². The number of hydrogen-bond donors (Lipinski definition) is 2. The molecular formula is C13H21NO2. The first-order valence-corrected chi connectivity index (χ1v) is 5.62. The van der Waals surface area contributed by atoms with Gasteiger partial charge in [-0.25, -0.2) is 0 Å². The maximum Gasteiger partial charge on any atom is 0.118 e. The maximum absolute atomic E-state index is 10.1. The van der Waals surface area contributed by atoms with Gasteiger partial charge in [-0.1, -0.05) is 26.0 Å². The van der Waals surface area contributed by atoms with Crippen molar-refractivity contribution >= 4 is 0 Å². The molecule has 0 radical (unpaired) electrons. The first-order chi connectivity index (χ1) is 7.60. The third-order valence-corrected chi connectivity index (χ3v) is 2.89. The summed E-state index contributed by atoms with van der Waals surface area (Å²) in [5.74, 6) is 1.01. The molecule has 2 atom stereocenters. The van der Waals surface area contributed by atoms with Crippen molar-refractivity contribution in [1.82, 2.24) is 0 Å². The number of aliphatic hydroxyl groups is 1. The van der Waals surface area contributed by atoms with Gasteiger partial charge in [-0.2, -0.15) is 0 Å². The highest BCUT2D eigenvalue weighted by Gasteiger charge is 2.22. The highest BCUT2D eigenvalue weighted by atomic mass is 16.5. The smallest absolute Gasteiger partial charge is 0.118 e. The van der Waals surface area contributed by atoms with Crippen LogP contribution in [-0.4, -0.2) is 24.9 Å². The molecule has 1 aromatic rings. The van der Waals surface area contributed by atoms with Crippen molar-refractivity contribution in [3.63, 3.8) is 0 Å². The molecule has 3 heteroatoms. The summed E-state index contributed by atoms with van der Waals surface area (Å²) >= 11 is 0. The molecule has 0 aliphatic rings. The minimum atomic E-state index is -0.404. The monoisotopic (exact) mass is 223 g/mol. The fourth-order valence-corrected chi connectivity index (χ4v) is 1.79. The van der Waals surface area contributed by atoms with Gasteiger partial charge in [0.1, 0.15) is 5.75 Å². The van der Waals surface area contributed by atoms with Crippen molar-refractivity contribution in [1.29, 1.82) is 0 Å². The van der Waals surface area contributed by atoms with Crippen LogP contribution in [0.15, 0.2) is 24.3 Å². The standard InChI is InChI=1S/C13H21NO2/c1-9(2)13(15)12(8-14)10-4-6-11(16-3)7-5-10/h4-7,9,12-13,15H,8,14H2,1-3H3. The lowest BCUT2D eigenvalue weighted by atomic mass is 9.87. The molecule has 0 amide bonds. The zero-order valence-corrected chi connectivity index (χ0v) is 10.2. The molecule has 0 heterocycles. The minimum Gasteiger partial charge on any atom is -0.497 e. The van der Waals surface area contributed by atoms with Gasteiger partial charge >= 0.3 is 0 Å². The van der Waals surface area contributed by atoms with Crippen molar-refractivity contribution < 1.29 is 9.84 Å². The van der Waals surface area contributed by atoms with Crippen LogP contribution in [0.3, 0.4) is 0 Å². The van der Waals surface area contributed by atoms with Gasteiger partial charge in [0, 0.05) is 12.5 Å². The normalized spacial score (nSPS) is 14.9. The highest BCUT2D eigenvalue weighted by molar-refractivity contribution is 5.30. The Kier molecular flexibility index (Phi) is 4.77. The fraction of sp³-hybridized carbons (Fsp3) is 0.538. The molecule has 0 spiro atoms. The van der Waals surface area contributed by atoms with E-state index in [0.717, 1.165) is 11.3 Å². The van der Waals surface area contributed by atoms with Gasteiger partial charge in [-0.05, 0) is 23.6 Å². The number of nitrogens with two attached hydrogens (primary N) is 1. The molecule has 0 saturated carbocycles. The van der Waals surface area contributed by atoms with Crippen LogP contribution in [0.25, 0.3) is 0 Å². The Hall–Kier alpha value is -1.06. The van der Waals surface area contributed by atoms with Crippen LogP contribution >= 0.6 is 0 Å². The number of benzene rings is 1. The molecule has 90 valence electrons. The minimum absolute atomic E-state index is 0.00842. The molecule has 0 aromatic heterocycles. The van der Waals surface area contributed by atoms with Crippen molar-refractivity contribution in [2.45, 2.75) is 25.9 Å². The zero-order chi connectivity index (χ0) is 12.1. The van der Waals surface area contributed by atoms with Crippen LogP contribution in [0.5, 0.6) is 5.75 Å². The lowest BCUT2D eigenvalue weighted by molar-refractivity contribution is 0.0985. The number of methoxy groups -OCH3 is 1. The first kappa shape index (κ1) is 13.0. The Balaban J connectivity index is 2.86. The predicted octanol–water partition coefficient (Wildman–Crippen LogP) is 1.75. The van der Waals surface area contributed by atoms with Crippen molar-refractivity contribution in [3.05, 3.63) is 29.8 Å². The van der Waals surface area contributed by atoms with E-state index >= 15 is 0 Å². The number of aliphatic hydroxyl groups excluding tert-OH is 1. The van der Waals surface area contributed by atoms with Crippen LogP contribution in [-0.2, 0) is 0 Å². The van der Waals surface area contributed by atoms with E-state index in [9.17, 15) is 5.11 Å². The summed E-state index contributed by atoms with van der Waals surface area (Å²) < 4.78 is 5.10. The molecule has 0 fully saturated rings. The summed E-state index contributed by atoms with van der Waals surface area (Å²) in [5, 5.41) is 10.1. The summed E-state index contributed by atoms with van der Waals surface area (Å²) in [6.07, 6.45) is -0.404. The molecule has 0 aliphatic heterocycles. The quantitative estimate of drug-likeness (QED) is 0.799. The first-order valence-electron chi connectivity index (χ1n) is 5.62. The lowest BCUT2D eigenvalue weighted by Gasteiger charge is -2.25. The van der Waals surface area contributed by atoms with Gasteiger partial charge in [0.15, 0.2) is 0 Å². The van der Waals surface area contributed by atoms with E-state index in [-0.39, 0.29) is 11.8 Å². The summed E-state index contributed by atoms with van der Waals surface area (Å²) in [7, 11) is 1.64. The second-order valence-electron chi connectivity index (χ2n) is 4.35. The Morgan fingerprint density at radius 2 is 1.81 bits per heavy atom. The number of rotatable bonds is 5. The average Bonchev–Trinajstić information content (AvgIpc) is 2.30. The summed E-state index contributed by atoms with van der Waals surface area (Å²) in [4.78, 5) is 0. The van der Waals surface area contributed by atoms with E-state index in [1.807, 2.05) is 38.1 Å². The van der Waals surface area contributed by atoms with Crippen molar-refractivity contribution in [2.75, 3.05) is 13.7 Å². The molecule has 16 heavy (non-hydrogen) atoms. The number of ether oxygens (including phenoxy) is 1. The molecule has 1 aromatic carbocycles. The topological polar surface area (TPSA) is 55.5 Å². The van der Waals surface area contributed by atoms with E-state index in [1.165, 1.54) is 0 Å². The second kappa shape index (κ2) is 5.87. The summed E-state index contributed by atoms with van der Waals surface area (Å²) in [6, 6.07) is 7.71. The van der Waals surface area contributed by atoms with E-state index < -0.39 is 6.10 Å². The molecule has 2 unspecified atom stereocenters. The van der Waals surface area contributed by atoms with Crippen LogP contribution in [0.2, 0.25) is 0 Å². The number of hydrogen-bond acceptors (Lipinski definition) is 3. The SMILES string of the molecule is COc1ccc(C(CN)C(O)C(C)C)cc1. The Labute approximate surface area is 97.2 Å².